The number of para-hydroxylation sites is 1. The van der Waals surface area contributed by atoms with Crippen LogP contribution in [-0.2, 0) is 14.8 Å². The number of amides is 1. The molecule has 0 saturated carbocycles. The van der Waals surface area contributed by atoms with Gasteiger partial charge in [0.2, 0.25) is 5.91 Å². The second-order valence-corrected chi connectivity index (χ2v) is 9.50. The van der Waals surface area contributed by atoms with Crippen molar-refractivity contribution in [3.05, 3.63) is 46.8 Å². The summed E-state index contributed by atoms with van der Waals surface area (Å²) in [6, 6.07) is 12.3. The van der Waals surface area contributed by atoms with Crippen LogP contribution in [0.5, 0.6) is 0 Å². The summed E-state index contributed by atoms with van der Waals surface area (Å²) in [7, 11) is -3.59. The predicted octanol–water partition coefficient (Wildman–Crippen LogP) is 3.44. The van der Waals surface area contributed by atoms with E-state index in [1.54, 1.807) is 6.07 Å². The normalized spacial score (nSPS) is 19.1. The Labute approximate surface area is 150 Å². The first-order valence-electron chi connectivity index (χ1n) is 7.58. The number of halogens is 1. The highest BCUT2D eigenvalue weighted by Crippen LogP contribution is 2.30. The van der Waals surface area contributed by atoms with Gasteiger partial charge >= 0.3 is 0 Å². The predicted molar refractivity (Wildman–Crippen MR) is 95.9 cm³/mol. The largest absolute Gasteiger partial charge is 0.326 e. The van der Waals surface area contributed by atoms with E-state index >= 15 is 0 Å². The van der Waals surface area contributed by atoms with Crippen molar-refractivity contribution in [2.75, 3.05) is 18.4 Å². The van der Waals surface area contributed by atoms with Crippen LogP contribution in [0.3, 0.4) is 0 Å². The molecule has 0 spiro atoms. The number of carbonyl (C=O) groups excluding carboxylic acids is 1. The van der Waals surface area contributed by atoms with Gasteiger partial charge in [-0.2, -0.15) is 4.31 Å². The van der Waals surface area contributed by atoms with Crippen LogP contribution in [0.15, 0.2) is 46.7 Å². The van der Waals surface area contributed by atoms with Crippen molar-refractivity contribution in [3.8, 4) is 0 Å². The monoisotopic (exact) mass is 384 g/mol. The molecule has 3 rings (SSSR count). The average molecular weight is 385 g/mol. The molecule has 2 aromatic rings. The van der Waals surface area contributed by atoms with Crippen LogP contribution in [-0.4, -0.2) is 31.7 Å². The van der Waals surface area contributed by atoms with Gasteiger partial charge in [0.25, 0.3) is 10.0 Å². The Balaban J connectivity index is 1.71. The van der Waals surface area contributed by atoms with E-state index in [2.05, 4.69) is 5.32 Å². The zero-order valence-corrected chi connectivity index (χ0v) is 15.2. The van der Waals surface area contributed by atoms with Crippen LogP contribution < -0.4 is 5.32 Å². The van der Waals surface area contributed by atoms with Gasteiger partial charge in [-0.1, -0.05) is 29.8 Å². The summed E-state index contributed by atoms with van der Waals surface area (Å²) >= 11 is 6.88. The van der Waals surface area contributed by atoms with Crippen LogP contribution in [0.1, 0.15) is 12.8 Å². The van der Waals surface area contributed by atoms with Gasteiger partial charge in [0.1, 0.15) is 4.21 Å². The van der Waals surface area contributed by atoms with Crippen molar-refractivity contribution in [3.63, 3.8) is 0 Å². The molecule has 1 saturated heterocycles. The van der Waals surface area contributed by atoms with Crippen LogP contribution in [0.2, 0.25) is 4.34 Å². The van der Waals surface area contributed by atoms with Gasteiger partial charge in [0.05, 0.1) is 10.3 Å². The number of nitrogens with one attached hydrogen (secondary N) is 1. The Morgan fingerprint density at radius 1 is 1.21 bits per heavy atom. The lowest BCUT2D eigenvalue weighted by Crippen LogP contribution is -2.43. The third-order valence-corrected chi connectivity index (χ3v) is 7.50. The first-order chi connectivity index (χ1) is 11.5. The summed E-state index contributed by atoms with van der Waals surface area (Å²) in [6.07, 6.45) is 1.33. The maximum atomic E-state index is 12.7. The van der Waals surface area contributed by atoms with Crippen molar-refractivity contribution < 1.29 is 13.2 Å². The molecule has 0 unspecified atom stereocenters. The quantitative estimate of drug-likeness (QED) is 0.878. The van der Waals surface area contributed by atoms with E-state index in [-0.39, 0.29) is 22.6 Å². The number of hydrogen-bond acceptors (Lipinski definition) is 4. The number of benzene rings is 1. The summed E-state index contributed by atoms with van der Waals surface area (Å²) in [6.45, 7) is 0.615. The van der Waals surface area contributed by atoms with E-state index in [0.717, 1.165) is 11.3 Å². The lowest BCUT2D eigenvalue weighted by Gasteiger charge is -2.30. The molecule has 1 atom stereocenters. The number of carbonyl (C=O) groups is 1. The minimum Gasteiger partial charge on any atom is -0.326 e. The summed E-state index contributed by atoms with van der Waals surface area (Å²) in [4.78, 5) is 12.4. The van der Waals surface area contributed by atoms with Gasteiger partial charge in [-0.05, 0) is 37.1 Å². The Morgan fingerprint density at radius 3 is 2.62 bits per heavy atom. The van der Waals surface area contributed by atoms with Gasteiger partial charge in [0.15, 0.2) is 0 Å². The van der Waals surface area contributed by atoms with Crippen molar-refractivity contribution >= 4 is 44.6 Å². The number of rotatable bonds is 4. The van der Waals surface area contributed by atoms with E-state index in [0.29, 0.717) is 29.4 Å². The molecule has 0 radical (unpaired) electrons. The number of thiophene rings is 1. The Morgan fingerprint density at radius 2 is 1.96 bits per heavy atom. The molecular formula is C16H17ClN2O3S2. The molecule has 0 bridgehead atoms. The average Bonchev–Trinajstić information content (AvgIpc) is 3.03. The third-order valence-electron chi connectivity index (χ3n) is 3.94. The highest BCUT2D eigenvalue weighted by atomic mass is 35.5. The molecule has 128 valence electrons. The lowest BCUT2D eigenvalue weighted by atomic mass is 9.99. The van der Waals surface area contributed by atoms with Crippen LogP contribution in [0.25, 0.3) is 0 Å². The fourth-order valence-corrected chi connectivity index (χ4v) is 5.87. The third kappa shape index (κ3) is 3.80. The van der Waals surface area contributed by atoms with Gasteiger partial charge in [-0.3, -0.25) is 4.79 Å². The molecule has 2 heterocycles. The van der Waals surface area contributed by atoms with Gasteiger partial charge in [-0.25, -0.2) is 8.42 Å². The van der Waals surface area contributed by atoms with E-state index in [4.69, 9.17) is 11.6 Å². The van der Waals surface area contributed by atoms with Crippen molar-refractivity contribution in [1.82, 2.24) is 4.31 Å². The highest BCUT2D eigenvalue weighted by Gasteiger charge is 2.34. The van der Waals surface area contributed by atoms with Crippen molar-refractivity contribution in [2.24, 2.45) is 5.92 Å². The zero-order valence-electron chi connectivity index (χ0n) is 12.8. The fourth-order valence-electron chi connectivity index (χ4n) is 2.70. The number of piperidine rings is 1. The molecule has 1 aliphatic rings. The minimum absolute atomic E-state index is 0.148. The lowest BCUT2D eigenvalue weighted by molar-refractivity contribution is -0.120. The van der Waals surface area contributed by atoms with E-state index < -0.39 is 10.0 Å². The standard InChI is InChI=1S/C16H17ClN2O3S2/c17-14-8-9-15(23-14)24(21,22)19-10-4-5-12(11-19)16(20)18-13-6-2-1-3-7-13/h1-3,6-9,12H,4-5,10-11H2,(H,18,20)/t12-/m0/s1. The van der Waals surface area contributed by atoms with Crippen LogP contribution >= 0.6 is 22.9 Å². The highest BCUT2D eigenvalue weighted by molar-refractivity contribution is 7.91. The smallest absolute Gasteiger partial charge is 0.252 e. The van der Waals surface area contributed by atoms with Crippen molar-refractivity contribution in [2.45, 2.75) is 17.1 Å². The molecular weight excluding hydrogens is 368 g/mol. The molecule has 0 aliphatic carbocycles. The maximum Gasteiger partial charge on any atom is 0.252 e. The van der Waals surface area contributed by atoms with Gasteiger partial charge in [0, 0.05) is 18.8 Å². The summed E-state index contributed by atoms with van der Waals surface area (Å²) in [5.41, 5.74) is 0.715. The minimum atomic E-state index is -3.59. The maximum absolute atomic E-state index is 12.7. The first kappa shape index (κ1) is 17.4. The topological polar surface area (TPSA) is 66.5 Å². The zero-order chi connectivity index (χ0) is 17.2. The SMILES string of the molecule is O=C(Nc1ccccc1)[C@H]1CCCN(S(=O)(=O)c2ccc(Cl)s2)C1. The fraction of sp³-hybridized carbons (Fsp3) is 0.312. The molecule has 1 N–H and O–H groups in total. The van der Waals surface area contributed by atoms with E-state index in [1.807, 2.05) is 30.3 Å². The summed E-state index contributed by atoms with van der Waals surface area (Å²) in [5.74, 6) is -0.505. The Kier molecular flexibility index (Phi) is 5.24. The van der Waals surface area contributed by atoms with Gasteiger partial charge in [-0.15, -0.1) is 11.3 Å². The van der Waals surface area contributed by atoms with E-state index in [1.165, 1.54) is 10.4 Å². The number of sulfonamides is 1. The summed E-state index contributed by atoms with van der Waals surface area (Å²) in [5, 5.41) is 2.85. The Bertz CT molecular complexity index is 821. The molecule has 1 amide bonds. The Hall–Kier alpha value is -1.41. The molecule has 24 heavy (non-hydrogen) atoms. The number of anilines is 1. The second kappa shape index (κ2) is 7.23. The van der Waals surface area contributed by atoms with Crippen LogP contribution in [0, 0.1) is 5.92 Å². The molecule has 1 aromatic heterocycles. The van der Waals surface area contributed by atoms with Crippen molar-refractivity contribution in [1.29, 1.82) is 0 Å². The number of nitrogens with zero attached hydrogens (tertiary/aromatic N) is 1. The number of hydrogen-bond donors (Lipinski definition) is 1. The second-order valence-electron chi connectivity index (χ2n) is 5.62. The molecule has 8 heteroatoms. The first-order valence-corrected chi connectivity index (χ1v) is 10.2. The molecule has 1 aliphatic heterocycles. The molecule has 1 fully saturated rings. The van der Waals surface area contributed by atoms with Crippen LogP contribution in [0.4, 0.5) is 5.69 Å². The molecule has 1 aromatic carbocycles. The summed E-state index contributed by atoms with van der Waals surface area (Å²) < 4.78 is 27.4. The molecule has 5 nitrogen and oxygen atoms in total. The van der Waals surface area contributed by atoms with Gasteiger partial charge < -0.3 is 5.32 Å². The van der Waals surface area contributed by atoms with E-state index in [9.17, 15) is 13.2 Å².